The second-order valence-electron chi connectivity index (χ2n) is 6.20. The van der Waals surface area contributed by atoms with Crippen molar-refractivity contribution < 1.29 is 36.1 Å². The molecule has 2 amide bonds. The summed E-state index contributed by atoms with van der Waals surface area (Å²) in [5.41, 5.74) is 0. The number of halogens is 3. The Bertz CT molecular complexity index is 838. The van der Waals surface area contributed by atoms with Crippen LogP contribution < -0.4 is 4.90 Å². The standard InChI is InChI=1S/C15H16F3N3O4S/c16-10-1-2-11(15(18)14(10)17)26(24,25)20-7-5-19(6-8-20)9-21-12(22)3-4-13(21)23/h1-2H,3-9H2/p+1. The minimum atomic E-state index is -4.31. The number of likely N-dealkylation sites (tertiary alicyclic amines) is 1. The van der Waals surface area contributed by atoms with Crippen LogP contribution in [0, 0.1) is 17.5 Å². The van der Waals surface area contributed by atoms with Crippen LogP contribution in [0.15, 0.2) is 17.0 Å². The highest BCUT2D eigenvalue weighted by Crippen LogP contribution is 2.23. The van der Waals surface area contributed by atoms with Crippen molar-refractivity contribution in [1.29, 1.82) is 0 Å². The molecule has 0 spiro atoms. The summed E-state index contributed by atoms with van der Waals surface area (Å²) in [5.74, 6) is -5.53. The lowest BCUT2D eigenvalue weighted by Crippen LogP contribution is -3.16. The molecule has 0 atom stereocenters. The average molecular weight is 392 g/mol. The number of amides is 2. The zero-order chi connectivity index (χ0) is 19.1. The summed E-state index contributed by atoms with van der Waals surface area (Å²) in [6, 6.07) is 1.27. The van der Waals surface area contributed by atoms with E-state index >= 15 is 0 Å². The molecule has 0 radical (unpaired) electrons. The Labute approximate surface area is 148 Å². The van der Waals surface area contributed by atoms with Gasteiger partial charge in [-0.2, -0.15) is 4.31 Å². The van der Waals surface area contributed by atoms with E-state index in [9.17, 15) is 31.2 Å². The Morgan fingerprint density at radius 2 is 1.54 bits per heavy atom. The van der Waals surface area contributed by atoms with Crippen molar-refractivity contribution in [3.8, 4) is 0 Å². The number of nitrogens with one attached hydrogen (secondary N) is 1. The van der Waals surface area contributed by atoms with Crippen LogP contribution in [-0.4, -0.2) is 62.3 Å². The van der Waals surface area contributed by atoms with Gasteiger partial charge in [0.05, 0.1) is 26.2 Å². The number of quaternary nitrogens is 1. The van der Waals surface area contributed by atoms with Gasteiger partial charge in [0.2, 0.25) is 21.8 Å². The molecule has 2 fully saturated rings. The lowest BCUT2D eigenvalue weighted by molar-refractivity contribution is -0.910. The molecular formula is C15H17F3N3O4S+. The Morgan fingerprint density at radius 1 is 0.962 bits per heavy atom. The smallest absolute Gasteiger partial charge is 0.246 e. The van der Waals surface area contributed by atoms with Crippen molar-refractivity contribution in [2.75, 3.05) is 32.8 Å². The van der Waals surface area contributed by atoms with Gasteiger partial charge in [-0.15, -0.1) is 0 Å². The predicted molar refractivity (Wildman–Crippen MR) is 81.7 cm³/mol. The molecule has 11 heteroatoms. The summed E-state index contributed by atoms with van der Waals surface area (Å²) < 4.78 is 66.2. The molecule has 1 N–H and O–H groups in total. The predicted octanol–water partition coefficient (Wildman–Crippen LogP) is -0.900. The number of benzene rings is 1. The van der Waals surface area contributed by atoms with Gasteiger partial charge < -0.3 is 4.90 Å². The Balaban J connectivity index is 1.68. The topological polar surface area (TPSA) is 79.2 Å². The maximum absolute atomic E-state index is 13.8. The van der Waals surface area contributed by atoms with Crippen LogP contribution in [0.2, 0.25) is 0 Å². The molecule has 1 aromatic carbocycles. The van der Waals surface area contributed by atoms with Crippen molar-refractivity contribution in [3.05, 3.63) is 29.6 Å². The summed E-state index contributed by atoms with van der Waals surface area (Å²) in [4.78, 5) is 24.4. The van der Waals surface area contributed by atoms with E-state index in [1.165, 1.54) is 0 Å². The van der Waals surface area contributed by atoms with Gasteiger partial charge in [-0.3, -0.25) is 9.59 Å². The van der Waals surface area contributed by atoms with E-state index in [1.807, 2.05) is 0 Å². The summed E-state index contributed by atoms with van der Waals surface area (Å²) in [7, 11) is -4.31. The Morgan fingerprint density at radius 3 is 2.12 bits per heavy atom. The molecule has 0 unspecified atom stereocenters. The van der Waals surface area contributed by atoms with Crippen LogP contribution >= 0.6 is 0 Å². The molecule has 0 aromatic heterocycles. The highest BCUT2D eigenvalue weighted by Gasteiger charge is 2.36. The molecule has 1 aromatic rings. The molecule has 3 rings (SSSR count). The third-order valence-corrected chi connectivity index (χ3v) is 6.50. The lowest BCUT2D eigenvalue weighted by Gasteiger charge is -2.33. The van der Waals surface area contributed by atoms with Crippen molar-refractivity contribution in [2.45, 2.75) is 17.7 Å². The van der Waals surface area contributed by atoms with Crippen LogP contribution in [-0.2, 0) is 19.6 Å². The van der Waals surface area contributed by atoms with Crippen LogP contribution in [0.3, 0.4) is 0 Å². The highest BCUT2D eigenvalue weighted by molar-refractivity contribution is 7.89. The monoisotopic (exact) mass is 392 g/mol. The summed E-state index contributed by atoms with van der Waals surface area (Å²) in [6.07, 6.45) is 0.365. The summed E-state index contributed by atoms with van der Waals surface area (Å²) in [6.45, 7) is 0.757. The summed E-state index contributed by atoms with van der Waals surface area (Å²) in [5, 5.41) is 0. The zero-order valence-corrected chi connectivity index (χ0v) is 14.5. The molecule has 2 aliphatic rings. The van der Waals surface area contributed by atoms with Gasteiger partial charge in [0.1, 0.15) is 4.90 Å². The first kappa shape index (κ1) is 18.8. The first-order valence-corrected chi connectivity index (χ1v) is 9.46. The van der Waals surface area contributed by atoms with Gasteiger partial charge in [0.25, 0.3) is 0 Å². The van der Waals surface area contributed by atoms with E-state index in [0.717, 1.165) is 14.1 Å². The van der Waals surface area contributed by atoms with Gasteiger partial charge in [-0.25, -0.2) is 26.5 Å². The van der Waals surface area contributed by atoms with Gasteiger partial charge in [-0.1, -0.05) is 0 Å². The van der Waals surface area contributed by atoms with Crippen molar-refractivity contribution >= 4 is 21.8 Å². The first-order valence-electron chi connectivity index (χ1n) is 8.02. The number of piperazine rings is 1. The van der Waals surface area contributed by atoms with E-state index < -0.39 is 32.4 Å². The molecular weight excluding hydrogens is 375 g/mol. The molecule has 142 valence electrons. The van der Waals surface area contributed by atoms with E-state index in [2.05, 4.69) is 0 Å². The SMILES string of the molecule is O=C1CCC(=O)N1C[NH+]1CCN(S(=O)(=O)c2ccc(F)c(F)c2F)CC1. The minimum Gasteiger partial charge on any atom is -0.315 e. The van der Waals surface area contributed by atoms with E-state index in [-0.39, 0.29) is 44.4 Å². The highest BCUT2D eigenvalue weighted by atomic mass is 32.2. The fraction of sp³-hybridized carbons (Fsp3) is 0.467. The number of sulfonamides is 1. The van der Waals surface area contributed by atoms with Gasteiger partial charge in [0.15, 0.2) is 24.1 Å². The first-order chi connectivity index (χ1) is 12.2. The second kappa shape index (κ2) is 6.97. The molecule has 2 aliphatic heterocycles. The second-order valence-corrected chi connectivity index (χ2v) is 8.11. The molecule has 2 heterocycles. The van der Waals surface area contributed by atoms with Gasteiger partial charge in [-0.05, 0) is 12.1 Å². The largest absolute Gasteiger partial charge is 0.315 e. The number of nitrogens with zero attached hydrogens (tertiary/aromatic N) is 2. The fourth-order valence-corrected chi connectivity index (χ4v) is 4.57. The number of imide groups is 1. The number of carbonyl (C=O) groups is 2. The van der Waals surface area contributed by atoms with Gasteiger partial charge in [0, 0.05) is 12.8 Å². The third-order valence-electron chi connectivity index (χ3n) is 4.58. The lowest BCUT2D eigenvalue weighted by atomic mass is 10.3. The number of hydrogen-bond acceptors (Lipinski definition) is 4. The van der Waals surface area contributed by atoms with Crippen LogP contribution in [0.5, 0.6) is 0 Å². The molecule has 26 heavy (non-hydrogen) atoms. The third kappa shape index (κ3) is 3.33. The molecule has 0 saturated carbocycles. The van der Waals surface area contributed by atoms with Crippen molar-refractivity contribution in [1.82, 2.24) is 9.21 Å². The van der Waals surface area contributed by atoms with E-state index in [1.54, 1.807) is 0 Å². The van der Waals surface area contributed by atoms with Crippen LogP contribution in [0.1, 0.15) is 12.8 Å². The van der Waals surface area contributed by atoms with Crippen molar-refractivity contribution in [2.24, 2.45) is 0 Å². The maximum Gasteiger partial charge on any atom is 0.246 e. The molecule has 0 aliphatic carbocycles. The van der Waals surface area contributed by atoms with Crippen molar-refractivity contribution in [3.63, 3.8) is 0 Å². The van der Waals surface area contributed by atoms with Gasteiger partial charge >= 0.3 is 0 Å². The Kier molecular flexibility index (Phi) is 5.04. The van der Waals surface area contributed by atoms with Crippen LogP contribution in [0.25, 0.3) is 0 Å². The number of hydrogen-bond donors (Lipinski definition) is 1. The summed E-state index contributed by atoms with van der Waals surface area (Å²) >= 11 is 0. The van der Waals surface area contributed by atoms with Crippen LogP contribution in [0.4, 0.5) is 13.2 Å². The normalized spacial score (nSPS) is 20.2. The average Bonchev–Trinajstić information content (AvgIpc) is 2.92. The Hall–Kier alpha value is -1.98. The van der Waals surface area contributed by atoms with E-state index in [4.69, 9.17) is 0 Å². The number of carbonyl (C=O) groups excluding carboxylic acids is 2. The molecule has 0 bridgehead atoms. The number of rotatable bonds is 4. The zero-order valence-electron chi connectivity index (χ0n) is 13.7. The quantitative estimate of drug-likeness (QED) is 0.532. The molecule has 2 saturated heterocycles. The fourth-order valence-electron chi connectivity index (χ4n) is 3.07. The van der Waals surface area contributed by atoms with E-state index in [0.29, 0.717) is 25.2 Å². The molecule has 7 nitrogen and oxygen atoms in total. The maximum atomic E-state index is 13.8. The minimum absolute atomic E-state index is 0.00627.